The predicted molar refractivity (Wildman–Crippen MR) is 131 cm³/mol. The number of aromatic nitrogens is 2. The van der Waals surface area contributed by atoms with Crippen molar-refractivity contribution in [2.24, 2.45) is 5.92 Å². The molecule has 1 saturated heterocycles. The zero-order valence-electron chi connectivity index (χ0n) is 18.9. The molecule has 0 saturated carbocycles. The Kier molecular flexibility index (Phi) is 7.68. The molecule has 0 bridgehead atoms. The van der Waals surface area contributed by atoms with Crippen molar-refractivity contribution >= 4 is 34.8 Å². The van der Waals surface area contributed by atoms with E-state index in [1.807, 2.05) is 50.2 Å². The third kappa shape index (κ3) is 6.34. The largest absolute Gasteiger partial charge is 0.339 e. The molecule has 8 heteroatoms. The average Bonchev–Trinajstić information content (AvgIpc) is 3.26. The lowest BCUT2D eigenvalue weighted by Crippen LogP contribution is -2.40. The Bertz CT molecular complexity index is 1100. The SMILES string of the molecule is CC(C)c1nc(Cc2ccc(NC(=O)[C@H]3CCCN(Cc4ccc(Cl)cc4Cl)C3)cc2)no1. The highest BCUT2D eigenvalue weighted by atomic mass is 35.5. The summed E-state index contributed by atoms with van der Waals surface area (Å²) in [6, 6.07) is 13.4. The van der Waals surface area contributed by atoms with Crippen LogP contribution in [0.1, 0.15) is 55.4 Å². The molecule has 1 aliphatic rings. The molecule has 6 nitrogen and oxygen atoms in total. The smallest absolute Gasteiger partial charge is 0.229 e. The fraction of sp³-hybridized carbons (Fsp3) is 0.400. The maximum atomic E-state index is 12.9. The molecule has 4 rings (SSSR count). The van der Waals surface area contributed by atoms with Gasteiger partial charge in [-0.05, 0) is 54.8 Å². The molecule has 33 heavy (non-hydrogen) atoms. The Morgan fingerprint density at radius 2 is 2.00 bits per heavy atom. The summed E-state index contributed by atoms with van der Waals surface area (Å²) in [6.07, 6.45) is 2.45. The van der Waals surface area contributed by atoms with Crippen LogP contribution in [-0.4, -0.2) is 34.0 Å². The Morgan fingerprint density at radius 3 is 2.70 bits per heavy atom. The number of hydrogen-bond acceptors (Lipinski definition) is 5. The van der Waals surface area contributed by atoms with Gasteiger partial charge in [0.15, 0.2) is 5.82 Å². The van der Waals surface area contributed by atoms with E-state index in [2.05, 4.69) is 20.4 Å². The van der Waals surface area contributed by atoms with Crippen LogP contribution in [0.3, 0.4) is 0 Å². The van der Waals surface area contributed by atoms with E-state index in [-0.39, 0.29) is 17.7 Å². The van der Waals surface area contributed by atoms with Crippen molar-refractivity contribution in [1.29, 1.82) is 0 Å². The van der Waals surface area contributed by atoms with Crippen LogP contribution in [-0.2, 0) is 17.8 Å². The predicted octanol–water partition coefficient (Wildman–Crippen LogP) is 5.94. The lowest BCUT2D eigenvalue weighted by Gasteiger charge is -2.32. The van der Waals surface area contributed by atoms with E-state index in [0.717, 1.165) is 36.2 Å². The molecule has 1 fully saturated rings. The standard InChI is InChI=1S/C25H28Cl2N4O2/c1-16(2)25-29-23(30-33-25)12-17-5-9-21(10-6-17)28-24(32)19-4-3-11-31(15-19)14-18-7-8-20(26)13-22(18)27/h5-10,13,16,19H,3-4,11-12,14-15H2,1-2H3,(H,28,32)/t19-/m0/s1. The number of likely N-dealkylation sites (tertiary alicyclic amines) is 1. The van der Waals surface area contributed by atoms with Crippen molar-refractivity contribution in [2.75, 3.05) is 18.4 Å². The van der Waals surface area contributed by atoms with Gasteiger partial charge in [0.2, 0.25) is 11.8 Å². The van der Waals surface area contributed by atoms with Gasteiger partial charge in [0.05, 0.1) is 5.92 Å². The molecule has 174 valence electrons. The van der Waals surface area contributed by atoms with Gasteiger partial charge >= 0.3 is 0 Å². The first kappa shape index (κ1) is 23.7. The molecule has 2 aromatic carbocycles. The van der Waals surface area contributed by atoms with E-state index in [1.54, 1.807) is 6.07 Å². The molecule has 1 aliphatic heterocycles. The molecule has 1 atom stereocenters. The number of benzene rings is 2. The molecule has 0 unspecified atom stereocenters. The number of halogens is 2. The van der Waals surface area contributed by atoms with Crippen LogP contribution in [0.5, 0.6) is 0 Å². The zero-order valence-corrected chi connectivity index (χ0v) is 20.4. The summed E-state index contributed by atoms with van der Waals surface area (Å²) in [5, 5.41) is 8.39. The topological polar surface area (TPSA) is 71.3 Å². The zero-order chi connectivity index (χ0) is 23.4. The molecule has 1 aromatic heterocycles. The van der Waals surface area contributed by atoms with E-state index in [9.17, 15) is 4.79 Å². The van der Waals surface area contributed by atoms with Gasteiger partial charge in [0.1, 0.15) is 0 Å². The van der Waals surface area contributed by atoms with Gasteiger partial charge in [-0.2, -0.15) is 4.98 Å². The van der Waals surface area contributed by atoms with Crippen LogP contribution < -0.4 is 5.32 Å². The number of nitrogens with zero attached hydrogens (tertiary/aromatic N) is 3. The summed E-state index contributed by atoms with van der Waals surface area (Å²) in [4.78, 5) is 19.6. The van der Waals surface area contributed by atoms with Crippen molar-refractivity contribution in [2.45, 2.75) is 45.6 Å². The Hall–Kier alpha value is -2.41. The van der Waals surface area contributed by atoms with E-state index in [0.29, 0.717) is 41.3 Å². The highest BCUT2D eigenvalue weighted by molar-refractivity contribution is 6.35. The first-order valence-corrected chi connectivity index (χ1v) is 12.0. The summed E-state index contributed by atoms with van der Waals surface area (Å²) in [5.41, 5.74) is 2.88. The number of carbonyl (C=O) groups is 1. The summed E-state index contributed by atoms with van der Waals surface area (Å²) >= 11 is 12.3. The number of amides is 1. The minimum absolute atomic E-state index is 0.0504. The van der Waals surface area contributed by atoms with Crippen molar-refractivity contribution < 1.29 is 9.32 Å². The molecule has 3 aromatic rings. The van der Waals surface area contributed by atoms with Gasteiger partial charge in [-0.25, -0.2) is 0 Å². The molecule has 1 N–H and O–H groups in total. The summed E-state index contributed by atoms with van der Waals surface area (Å²) in [7, 11) is 0. The van der Waals surface area contributed by atoms with E-state index in [1.165, 1.54) is 0 Å². The Labute approximate surface area is 204 Å². The molecular formula is C25H28Cl2N4O2. The first-order chi connectivity index (χ1) is 15.9. The summed E-state index contributed by atoms with van der Waals surface area (Å²) in [5.74, 6) is 1.52. The van der Waals surface area contributed by atoms with Crippen LogP contribution >= 0.6 is 23.2 Å². The third-order valence-electron chi connectivity index (χ3n) is 5.85. The van der Waals surface area contributed by atoms with Crippen LogP contribution in [0.25, 0.3) is 0 Å². The van der Waals surface area contributed by atoms with Crippen LogP contribution in [0.2, 0.25) is 10.0 Å². The van der Waals surface area contributed by atoms with Crippen molar-refractivity contribution in [3.63, 3.8) is 0 Å². The molecule has 0 spiro atoms. The van der Waals surface area contributed by atoms with Gasteiger partial charge in [-0.1, -0.05) is 60.4 Å². The van der Waals surface area contributed by atoms with Gasteiger partial charge in [-0.3, -0.25) is 9.69 Å². The average molecular weight is 487 g/mol. The molecular weight excluding hydrogens is 459 g/mol. The third-order valence-corrected chi connectivity index (χ3v) is 6.43. The number of piperidine rings is 1. The Morgan fingerprint density at radius 1 is 1.21 bits per heavy atom. The second-order valence-electron chi connectivity index (χ2n) is 8.88. The van der Waals surface area contributed by atoms with Crippen LogP contribution in [0.15, 0.2) is 47.0 Å². The quantitative estimate of drug-likeness (QED) is 0.447. The van der Waals surface area contributed by atoms with Gasteiger partial charge in [0, 0.05) is 41.2 Å². The monoisotopic (exact) mass is 486 g/mol. The normalized spacial score (nSPS) is 16.8. The second kappa shape index (κ2) is 10.7. The molecule has 0 aliphatic carbocycles. The molecule has 1 amide bonds. The fourth-order valence-corrected chi connectivity index (χ4v) is 4.48. The number of rotatable bonds is 7. The first-order valence-electron chi connectivity index (χ1n) is 11.3. The Balaban J connectivity index is 1.31. The van der Waals surface area contributed by atoms with Crippen LogP contribution in [0, 0.1) is 5.92 Å². The van der Waals surface area contributed by atoms with Gasteiger partial charge < -0.3 is 9.84 Å². The van der Waals surface area contributed by atoms with Crippen molar-refractivity contribution in [1.82, 2.24) is 15.0 Å². The fourth-order valence-electron chi connectivity index (χ4n) is 4.01. The number of nitrogens with one attached hydrogen (secondary N) is 1. The molecule has 0 radical (unpaired) electrons. The lowest BCUT2D eigenvalue weighted by atomic mass is 9.96. The van der Waals surface area contributed by atoms with E-state index in [4.69, 9.17) is 27.7 Å². The summed E-state index contributed by atoms with van der Waals surface area (Å²) < 4.78 is 5.26. The van der Waals surface area contributed by atoms with Crippen molar-refractivity contribution in [3.05, 3.63) is 75.4 Å². The highest BCUT2D eigenvalue weighted by Gasteiger charge is 2.26. The van der Waals surface area contributed by atoms with Crippen LogP contribution in [0.4, 0.5) is 5.69 Å². The van der Waals surface area contributed by atoms with E-state index < -0.39 is 0 Å². The van der Waals surface area contributed by atoms with Gasteiger partial charge in [0.25, 0.3) is 0 Å². The van der Waals surface area contributed by atoms with Crippen molar-refractivity contribution in [3.8, 4) is 0 Å². The highest BCUT2D eigenvalue weighted by Crippen LogP contribution is 2.25. The number of anilines is 1. The maximum absolute atomic E-state index is 12.9. The lowest BCUT2D eigenvalue weighted by molar-refractivity contribution is -0.121. The second-order valence-corrected chi connectivity index (χ2v) is 9.72. The van der Waals surface area contributed by atoms with E-state index >= 15 is 0 Å². The maximum Gasteiger partial charge on any atom is 0.229 e. The minimum atomic E-state index is -0.0571. The molecule has 2 heterocycles. The number of hydrogen-bond donors (Lipinski definition) is 1. The van der Waals surface area contributed by atoms with Gasteiger partial charge in [-0.15, -0.1) is 0 Å². The number of carbonyl (C=O) groups excluding carboxylic acids is 1. The minimum Gasteiger partial charge on any atom is -0.339 e. The summed E-state index contributed by atoms with van der Waals surface area (Å²) in [6.45, 7) is 6.41.